The number of hydrogen-bond donors (Lipinski definition) is 1. The lowest BCUT2D eigenvalue weighted by molar-refractivity contribution is -0.116. The van der Waals surface area contributed by atoms with Gasteiger partial charge in [0, 0.05) is 24.7 Å². The van der Waals surface area contributed by atoms with Crippen LogP contribution in [0.3, 0.4) is 0 Å². The molecule has 0 atom stereocenters. The largest absolute Gasteiger partial charge is 0.454 e. The van der Waals surface area contributed by atoms with Crippen molar-refractivity contribution in [3.63, 3.8) is 0 Å². The van der Waals surface area contributed by atoms with Crippen molar-refractivity contribution in [2.45, 2.75) is 32.2 Å². The molecule has 0 spiro atoms. The molecule has 7 heteroatoms. The van der Waals surface area contributed by atoms with Crippen molar-refractivity contribution in [3.05, 3.63) is 59.1 Å². The van der Waals surface area contributed by atoms with Crippen molar-refractivity contribution in [1.82, 2.24) is 9.55 Å². The molecule has 1 amide bonds. The maximum absolute atomic E-state index is 12.4. The van der Waals surface area contributed by atoms with Crippen molar-refractivity contribution in [2.24, 2.45) is 0 Å². The highest BCUT2D eigenvalue weighted by molar-refractivity contribution is 5.91. The quantitative estimate of drug-likeness (QED) is 0.637. The summed E-state index contributed by atoms with van der Waals surface area (Å²) in [6, 6.07) is 12.7. The Morgan fingerprint density at radius 2 is 1.93 bits per heavy atom. The third-order valence-corrected chi connectivity index (χ3v) is 4.69. The van der Waals surface area contributed by atoms with E-state index in [0.29, 0.717) is 41.1 Å². The Hall–Kier alpha value is -3.35. The molecule has 0 fully saturated rings. The lowest BCUT2D eigenvalue weighted by Crippen LogP contribution is -2.20. The summed E-state index contributed by atoms with van der Waals surface area (Å²) in [5.74, 6) is 1.30. The van der Waals surface area contributed by atoms with E-state index in [-0.39, 0.29) is 18.3 Å². The summed E-state index contributed by atoms with van der Waals surface area (Å²) in [7, 11) is 0. The lowest BCUT2D eigenvalue weighted by Gasteiger charge is -2.07. The molecule has 4 rings (SSSR count). The highest BCUT2D eigenvalue weighted by Crippen LogP contribution is 2.34. The summed E-state index contributed by atoms with van der Waals surface area (Å²) >= 11 is 0. The Morgan fingerprint density at radius 3 is 2.86 bits per heavy atom. The van der Waals surface area contributed by atoms with E-state index in [1.807, 2.05) is 18.2 Å². The average Bonchev–Trinajstić information content (AvgIpc) is 3.17. The minimum Gasteiger partial charge on any atom is -0.454 e. The number of aryl methyl sites for hydroxylation is 1. The van der Waals surface area contributed by atoms with Gasteiger partial charge in [-0.15, -0.1) is 0 Å². The number of hydrogen-bond acceptors (Lipinski definition) is 5. The van der Waals surface area contributed by atoms with E-state index in [0.717, 1.165) is 19.3 Å². The predicted octanol–water partition coefficient (Wildman–Crippen LogP) is 3.32. The van der Waals surface area contributed by atoms with E-state index in [1.165, 1.54) is 0 Å². The van der Waals surface area contributed by atoms with Crippen LogP contribution in [0.15, 0.2) is 53.6 Å². The van der Waals surface area contributed by atoms with Crippen molar-refractivity contribution < 1.29 is 14.3 Å². The molecule has 1 aromatic heterocycles. The van der Waals surface area contributed by atoms with Gasteiger partial charge in [-0.1, -0.05) is 18.6 Å². The fraction of sp³-hybridized carbons (Fsp3) is 0.286. The molecule has 0 saturated carbocycles. The first kappa shape index (κ1) is 18.0. The minimum atomic E-state index is -0.0385. The fourth-order valence-electron chi connectivity index (χ4n) is 3.21. The summed E-state index contributed by atoms with van der Waals surface area (Å²) in [6.45, 7) is 0.809. The fourth-order valence-corrected chi connectivity index (χ4v) is 3.21. The normalized spacial score (nSPS) is 12.3. The Kier molecular flexibility index (Phi) is 5.23. The number of para-hydroxylation sites is 1. The van der Waals surface area contributed by atoms with Crippen molar-refractivity contribution >= 4 is 22.5 Å². The number of aromatic nitrogens is 2. The van der Waals surface area contributed by atoms with E-state index in [9.17, 15) is 9.59 Å². The number of anilines is 1. The van der Waals surface area contributed by atoms with Gasteiger partial charge in [0.1, 0.15) is 0 Å². The van der Waals surface area contributed by atoms with Gasteiger partial charge < -0.3 is 14.8 Å². The third-order valence-electron chi connectivity index (χ3n) is 4.69. The van der Waals surface area contributed by atoms with E-state index < -0.39 is 0 Å². The summed E-state index contributed by atoms with van der Waals surface area (Å²) < 4.78 is 12.2. The van der Waals surface area contributed by atoms with Gasteiger partial charge in [0.05, 0.1) is 17.2 Å². The van der Waals surface area contributed by atoms with Crippen LogP contribution < -0.4 is 20.3 Å². The number of benzene rings is 2. The molecule has 1 N–H and O–H groups in total. The summed E-state index contributed by atoms with van der Waals surface area (Å²) in [5, 5.41) is 3.50. The second-order valence-electron chi connectivity index (χ2n) is 6.69. The van der Waals surface area contributed by atoms with Gasteiger partial charge in [-0.2, -0.15) is 0 Å². The number of fused-ring (bicyclic) bond motifs is 2. The van der Waals surface area contributed by atoms with E-state index in [2.05, 4.69) is 10.3 Å². The number of nitrogens with zero attached hydrogens (tertiary/aromatic N) is 2. The molecule has 1 aliphatic heterocycles. The molecular formula is C21H21N3O4. The van der Waals surface area contributed by atoms with Crippen LogP contribution in [0.2, 0.25) is 0 Å². The summed E-state index contributed by atoms with van der Waals surface area (Å²) in [4.78, 5) is 28.8. The van der Waals surface area contributed by atoms with E-state index in [1.54, 1.807) is 35.2 Å². The van der Waals surface area contributed by atoms with Gasteiger partial charge >= 0.3 is 0 Å². The Labute approximate surface area is 161 Å². The topological polar surface area (TPSA) is 82.5 Å². The second kappa shape index (κ2) is 8.12. The Morgan fingerprint density at radius 1 is 1.07 bits per heavy atom. The van der Waals surface area contributed by atoms with Crippen LogP contribution >= 0.6 is 0 Å². The number of amides is 1. The zero-order valence-corrected chi connectivity index (χ0v) is 15.4. The van der Waals surface area contributed by atoms with Crippen LogP contribution in [0.4, 0.5) is 5.69 Å². The summed E-state index contributed by atoms with van der Waals surface area (Å²) in [6.07, 6.45) is 4.45. The number of unbranched alkanes of at least 4 members (excludes halogenated alkanes) is 2. The average molecular weight is 379 g/mol. The summed E-state index contributed by atoms with van der Waals surface area (Å²) in [5.41, 5.74) is 1.39. The van der Waals surface area contributed by atoms with Crippen LogP contribution in [-0.2, 0) is 11.3 Å². The van der Waals surface area contributed by atoms with Crippen molar-refractivity contribution in [1.29, 1.82) is 0 Å². The number of ether oxygens (including phenoxy) is 2. The minimum absolute atomic E-state index is 0.0221. The molecule has 0 bridgehead atoms. The lowest BCUT2D eigenvalue weighted by atomic mass is 10.1. The molecule has 3 aromatic rings. The first-order chi connectivity index (χ1) is 13.7. The Balaban J connectivity index is 1.22. The first-order valence-electron chi connectivity index (χ1n) is 9.34. The SMILES string of the molecule is O=C(CCCCCn1cnc2ccccc2c1=O)Nc1ccc2c(c1)OCO2. The highest BCUT2D eigenvalue weighted by Gasteiger charge is 2.14. The van der Waals surface area contributed by atoms with Crippen LogP contribution in [0.5, 0.6) is 11.5 Å². The van der Waals surface area contributed by atoms with Gasteiger partial charge in [0.2, 0.25) is 12.7 Å². The standard InChI is InChI=1S/C21H21N3O4/c25-20(23-15-9-10-18-19(12-15)28-14-27-18)8-2-1-5-11-24-13-22-17-7-4-3-6-16(17)21(24)26/h3-4,6-7,9-10,12-13H,1-2,5,8,11,14H2,(H,23,25). The van der Waals surface area contributed by atoms with E-state index in [4.69, 9.17) is 9.47 Å². The zero-order chi connectivity index (χ0) is 19.3. The van der Waals surface area contributed by atoms with Gasteiger partial charge in [0.25, 0.3) is 5.56 Å². The first-order valence-corrected chi connectivity index (χ1v) is 9.34. The molecule has 0 unspecified atom stereocenters. The number of carbonyl (C=O) groups excluding carboxylic acids is 1. The molecule has 0 aliphatic carbocycles. The van der Waals surface area contributed by atoms with Crippen molar-refractivity contribution in [3.8, 4) is 11.5 Å². The number of nitrogens with one attached hydrogen (secondary N) is 1. The number of rotatable bonds is 7. The zero-order valence-electron chi connectivity index (χ0n) is 15.4. The highest BCUT2D eigenvalue weighted by atomic mass is 16.7. The molecule has 0 saturated heterocycles. The van der Waals surface area contributed by atoms with Crippen LogP contribution in [0.1, 0.15) is 25.7 Å². The predicted molar refractivity (Wildman–Crippen MR) is 106 cm³/mol. The molecule has 144 valence electrons. The second-order valence-corrected chi connectivity index (χ2v) is 6.69. The van der Waals surface area contributed by atoms with Crippen LogP contribution in [0.25, 0.3) is 10.9 Å². The van der Waals surface area contributed by atoms with Gasteiger partial charge in [-0.3, -0.25) is 14.2 Å². The maximum atomic E-state index is 12.4. The monoisotopic (exact) mass is 379 g/mol. The molecule has 7 nitrogen and oxygen atoms in total. The van der Waals surface area contributed by atoms with Gasteiger partial charge in [0.15, 0.2) is 11.5 Å². The molecule has 28 heavy (non-hydrogen) atoms. The van der Waals surface area contributed by atoms with E-state index >= 15 is 0 Å². The maximum Gasteiger partial charge on any atom is 0.261 e. The van der Waals surface area contributed by atoms with Crippen LogP contribution in [-0.4, -0.2) is 22.3 Å². The third kappa shape index (κ3) is 3.98. The molecule has 2 aromatic carbocycles. The molecule has 2 heterocycles. The number of carbonyl (C=O) groups is 1. The van der Waals surface area contributed by atoms with Crippen molar-refractivity contribution in [2.75, 3.05) is 12.1 Å². The smallest absolute Gasteiger partial charge is 0.261 e. The van der Waals surface area contributed by atoms with Gasteiger partial charge in [-0.25, -0.2) is 4.98 Å². The van der Waals surface area contributed by atoms with Crippen LogP contribution in [0, 0.1) is 0 Å². The van der Waals surface area contributed by atoms with Gasteiger partial charge in [-0.05, 0) is 37.1 Å². The molecular weight excluding hydrogens is 358 g/mol. The molecule has 1 aliphatic rings. The molecule has 0 radical (unpaired) electrons. The Bertz CT molecular complexity index is 1060.